The van der Waals surface area contributed by atoms with Crippen LogP contribution in [0.25, 0.3) is 11.2 Å². The maximum Gasteiger partial charge on any atom is 0.313 e. The summed E-state index contributed by atoms with van der Waals surface area (Å²) in [6.45, 7) is 11.0. The van der Waals surface area contributed by atoms with Gasteiger partial charge in [0.05, 0.1) is 29.9 Å². The number of hydrogen-bond donors (Lipinski definition) is 1. The summed E-state index contributed by atoms with van der Waals surface area (Å²) in [6.07, 6.45) is 3.78. The number of ether oxygens (including phenoxy) is 3. The molecule has 2 atom stereocenters. The van der Waals surface area contributed by atoms with Gasteiger partial charge in [-0.25, -0.2) is 15.0 Å². The SMILES string of the molecule is CC(C)(C)C(=O)OCCSP(=O)(OC[C@@H]1CC[C@H](n2cnc3c(N)ncnc32)O1)SCCOC(=O)C(C)(C)C. The molecular formula is C24H38N5O7PS2. The highest BCUT2D eigenvalue weighted by Crippen LogP contribution is 2.69. The van der Waals surface area contributed by atoms with Crippen molar-refractivity contribution >= 4 is 57.5 Å². The van der Waals surface area contributed by atoms with Crippen LogP contribution in [0.15, 0.2) is 12.7 Å². The molecule has 12 nitrogen and oxygen atoms in total. The number of esters is 2. The van der Waals surface area contributed by atoms with Gasteiger partial charge in [-0.15, -0.1) is 0 Å². The number of carbonyl (C=O) groups is 2. The summed E-state index contributed by atoms with van der Waals surface area (Å²) < 4.78 is 38.2. The Hall–Kier alpha value is -1.86. The van der Waals surface area contributed by atoms with Crippen molar-refractivity contribution in [3.63, 3.8) is 0 Å². The van der Waals surface area contributed by atoms with Crippen molar-refractivity contribution in [1.82, 2.24) is 19.5 Å². The Morgan fingerprint density at radius 1 is 1.03 bits per heavy atom. The number of anilines is 1. The first-order chi connectivity index (χ1) is 18.2. The zero-order chi connectivity index (χ0) is 28.8. The molecule has 1 fully saturated rings. The molecule has 2 aromatic heterocycles. The lowest BCUT2D eigenvalue weighted by atomic mass is 9.97. The predicted molar refractivity (Wildman–Crippen MR) is 152 cm³/mol. The van der Waals surface area contributed by atoms with E-state index in [9.17, 15) is 14.2 Å². The molecule has 1 aliphatic heterocycles. The van der Waals surface area contributed by atoms with Gasteiger partial charge >= 0.3 is 17.7 Å². The molecule has 218 valence electrons. The maximum absolute atomic E-state index is 13.7. The van der Waals surface area contributed by atoms with Crippen molar-refractivity contribution in [2.45, 2.75) is 66.7 Å². The number of carbonyl (C=O) groups excluding carboxylic acids is 2. The minimum absolute atomic E-state index is 0.106. The third kappa shape index (κ3) is 9.07. The van der Waals surface area contributed by atoms with Gasteiger partial charge in [-0.2, -0.15) is 0 Å². The molecule has 0 aliphatic carbocycles. The molecule has 2 N–H and O–H groups in total. The summed E-state index contributed by atoms with van der Waals surface area (Å²) in [5.41, 5.74) is 5.74. The largest absolute Gasteiger partial charge is 0.464 e. The van der Waals surface area contributed by atoms with E-state index in [1.54, 1.807) is 47.9 Å². The number of rotatable bonds is 12. The topological polar surface area (TPSA) is 158 Å². The Labute approximate surface area is 236 Å². The van der Waals surface area contributed by atoms with Crippen LogP contribution in [-0.4, -0.2) is 68.9 Å². The molecule has 0 bridgehead atoms. The van der Waals surface area contributed by atoms with E-state index in [4.69, 9.17) is 24.5 Å². The fourth-order valence-corrected chi connectivity index (χ4v) is 9.55. The van der Waals surface area contributed by atoms with Gasteiger partial charge in [-0.1, -0.05) is 22.8 Å². The quantitative estimate of drug-likeness (QED) is 0.199. The molecule has 3 rings (SSSR count). The molecule has 3 heterocycles. The number of nitrogens with zero attached hydrogens (tertiary/aromatic N) is 4. The lowest BCUT2D eigenvalue weighted by Gasteiger charge is -2.21. The van der Waals surface area contributed by atoms with E-state index in [1.165, 1.54) is 6.33 Å². The molecule has 15 heteroatoms. The standard InChI is InChI=1S/C24H38N5O7PS2/c1-23(2,3)21(30)33-9-11-38-37(32,39-12-10-34-22(31)24(4,5)6)35-13-16-7-8-17(36-16)29-15-28-18-19(25)26-14-27-20(18)29/h14-17H,7-13H2,1-6H3,(H2,25,26,27)/t16-,17+/m0/s1. The predicted octanol–water partition coefficient (Wildman–Crippen LogP) is 4.86. The van der Waals surface area contributed by atoms with Gasteiger partial charge in [0.15, 0.2) is 11.5 Å². The average molecular weight is 604 g/mol. The van der Waals surface area contributed by atoms with Crippen LogP contribution >= 0.6 is 28.5 Å². The monoisotopic (exact) mass is 603 g/mol. The van der Waals surface area contributed by atoms with Gasteiger partial charge in [0.25, 0.3) is 0 Å². The molecule has 2 aromatic rings. The van der Waals surface area contributed by atoms with E-state index in [0.29, 0.717) is 41.3 Å². The molecular weight excluding hydrogens is 565 g/mol. The van der Waals surface area contributed by atoms with Gasteiger partial charge in [-0.3, -0.25) is 18.7 Å². The van der Waals surface area contributed by atoms with E-state index in [1.807, 2.05) is 4.57 Å². The van der Waals surface area contributed by atoms with Crippen LogP contribution in [0.2, 0.25) is 0 Å². The van der Waals surface area contributed by atoms with Crippen LogP contribution < -0.4 is 5.73 Å². The number of hydrogen-bond acceptors (Lipinski definition) is 13. The van der Waals surface area contributed by atoms with Gasteiger partial charge in [0.2, 0.25) is 0 Å². The van der Waals surface area contributed by atoms with Crippen molar-refractivity contribution in [1.29, 1.82) is 0 Å². The first kappa shape index (κ1) is 31.7. The Morgan fingerprint density at radius 2 is 1.62 bits per heavy atom. The third-order valence-corrected chi connectivity index (χ3v) is 12.9. The Balaban J connectivity index is 1.55. The molecule has 0 unspecified atom stereocenters. The molecule has 39 heavy (non-hydrogen) atoms. The zero-order valence-corrected chi connectivity index (χ0v) is 25.8. The van der Waals surface area contributed by atoms with E-state index >= 15 is 0 Å². The second kappa shape index (κ2) is 13.2. The fraction of sp³-hybridized carbons (Fsp3) is 0.708. The second-order valence-electron chi connectivity index (χ2n) is 11.1. The van der Waals surface area contributed by atoms with Gasteiger partial charge in [0, 0.05) is 11.5 Å². The van der Waals surface area contributed by atoms with Crippen LogP contribution in [-0.2, 0) is 32.9 Å². The molecule has 1 aliphatic rings. The Morgan fingerprint density at radius 3 is 2.18 bits per heavy atom. The van der Waals surface area contributed by atoms with Gasteiger partial charge in [0.1, 0.15) is 31.3 Å². The number of fused-ring (bicyclic) bond motifs is 1. The second-order valence-corrected chi connectivity index (χ2v) is 18.7. The van der Waals surface area contributed by atoms with Crippen LogP contribution in [0.1, 0.15) is 60.6 Å². The van der Waals surface area contributed by atoms with Crippen molar-refractivity contribution in [2.24, 2.45) is 10.8 Å². The van der Waals surface area contributed by atoms with Gasteiger partial charge in [-0.05, 0) is 54.4 Å². The minimum Gasteiger partial charge on any atom is -0.464 e. The zero-order valence-electron chi connectivity index (χ0n) is 23.2. The lowest BCUT2D eigenvalue weighted by molar-refractivity contribution is -0.152. The number of imidazole rings is 1. The summed E-state index contributed by atoms with van der Waals surface area (Å²) in [7, 11) is 0. The summed E-state index contributed by atoms with van der Waals surface area (Å²) in [6, 6.07) is 0. The Kier molecular flexibility index (Phi) is 10.7. The lowest BCUT2D eigenvalue weighted by Crippen LogP contribution is -2.24. The van der Waals surface area contributed by atoms with Crippen LogP contribution in [0.5, 0.6) is 0 Å². The molecule has 0 spiro atoms. The maximum atomic E-state index is 13.7. The number of nitrogen functional groups attached to an aromatic ring is 1. The van der Waals surface area contributed by atoms with E-state index < -0.39 is 16.6 Å². The molecule has 0 amide bonds. The summed E-state index contributed by atoms with van der Waals surface area (Å²) >= 11 is 2.21. The van der Waals surface area contributed by atoms with Crippen molar-refractivity contribution in [2.75, 3.05) is 37.1 Å². The van der Waals surface area contributed by atoms with Crippen molar-refractivity contribution in [3.05, 3.63) is 12.7 Å². The first-order valence-electron chi connectivity index (χ1n) is 12.7. The van der Waals surface area contributed by atoms with Crippen LogP contribution in [0.4, 0.5) is 5.82 Å². The van der Waals surface area contributed by atoms with E-state index in [-0.39, 0.29) is 44.1 Å². The normalized spacial score (nSPS) is 18.4. The highest BCUT2D eigenvalue weighted by molar-refractivity contribution is 8.89. The highest BCUT2D eigenvalue weighted by Gasteiger charge is 2.33. The summed E-state index contributed by atoms with van der Waals surface area (Å²) in [5, 5.41) is 0. The summed E-state index contributed by atoms with van der Waals surface area (Å²) in [4.78, 5) is 36.6. The minimum atomic E-state index is -3.28. The van der Waals surface area contributed by atoms with E-state index in [0.717, 1.165) is 22.8 Å². The number of aromatic nitrogens is 4. The van der Waals surface area contributed by atoms with Crippen LogP contribution in [0, 0.1) is 10.8 Å². The van der Waals surface area contributed by atoms with Crippen molar-refractivity contribution < 1.29 is 32.9 Å². The third-order valence-electron chi connectivity index (χ3n) is 5.56. The molecule has 0 aromatic carbocycles. The van der Waals surface area contributed by atoms with Crippen molar-refractivity contribution in [3.8, 4) is 0 Å². The van der Waals surface area contributed by atoms with Gasteiger partial charge < -0.3 is 24.5 Å². The van der Waals surface area contributed by atoms with Crippen LogP contribution in [0.3, 0.4) is 0 Å². The highest BCUT2D eigenvalue weighted by atomic mass is 33.1. The average Bonchev–Trinajstić information content (AvgIpc) is 3.49. The van der Waals surface area contributed by atoms with E-state index in [2.05, 4.69) is 15.0 Å². The smallest absolute Gasteiger partial charge is 0.313 e. The first-order valence-corrected chi connectivity index (χ1v) is 17.5. The molecule has 0 saturated carbocycles. The molecule has 0 radical (unpaired) electrons. The Bertz CT molecular complexity index is 1160. The number of nitrogens with two attached hydrogens (primary N) is 1. The fourth-order valence-electron chi connectivity index (χ4n) is 3.38. The molecule has 1 saturated heterocycles. The summed E-state index contributed by atoms with van der Waals surface area (Å²) in [5.74, 6) is -3.05.